The zero-order valence-corrected chi connectivity index (χ0v) is 14.4. The van der Waals surface area contributed by atoms with Gasteiger partial charge in [-0.15, -0.1) is 0 Å². The molecule has 0 aromatic rings. The zero-order chi connectivity index (χ0) is 16.5. The highest BCUT2D eigenvalue weighted by Gasteiger charge is 2.42. The van der Waals surface area contributed by atoms with Crippen LogP contribution in [0.3, 0.4) is 0 Å². The fourth-order valence-corrected chi connectivity index (χ4v) is 3.33. The van der Waals surface area contributed by atoms with Gasteiger partial charge in [0.1, 0.15) is 5.60 Å². The maximum atomic E-state index is 12.1. The first-order valence-electron chi connectivity index (χ1n) is 7.56. The van der Waals surface area contributed by atoms with Crippen molar-refractivity contribution in [3.05, 3.63) is 0 Å². The molecule has 0 aromatic carbocycles. The molecule has 22 heavy (non-hydrogen) atoms. The van der Waals surface area contributed by atoms with E-state index in [0.29, 0.717) is 31.8 Å². The van der Waals surface area contributed by atoms with E-state index in [2.05, 4.69) is 0 Å². The second kappa shape index (κ2) is 6.48. The predicted molar refractivity (Wildman–Crippen MR) is 84.6 cm³/mol. The molecule has 0 aliphatic carbocycles. The van der Waals surface area contributed by atoms with Gasteiger partial charge in [-0.25, -0.2) is 4.79 Å². The topological polar surface area (TPSA) is 66.9 Å². The quantitative estimate of drug-likeness (QED) is 0.789. The minimum atomic E-state index is -0.499. The number of carbonyl (C=O) groups is 3. The minimum Gasteiger partial charge on any atom is -0.444 e. The van der Waals surface area contributed by atoms with Gasteiger partial charge in [0, 0.05) is 38.7 Å². The highest BCUT2D eigenvalue weighted by molar-refractivity contribution is 8.13. The van der Waals surface area contributed by atoms with Crippen LogP contribution in [0.5, 0.6) is 0 Å². The van der Waals surface area contributed by atoms with Gasteiger partial charge in [-0.3, -0.25) is 9.59 Å². The Morgan fingerprint density at radius 3 is 2.45 bits per heavy atom. The summed E-state index contributed by atoms with van der Waals surface area (Å²) in [7, 11) is 0. The van der Waals surface area contributed by atoms with E-state index in [9.17, 15) is 14.4 Å². The number of thioether (sulfide) groups is 1. The first kappa shape index (κ1) is 17.1. The Balaban J connectivity index is 1.77. The van der Waals surface area contributed by atoms with Crippen molar-refractivity contribution < 1.29 is 19.1 Å². The SMILES string of the molecule is CC(=O)SCC1CC(=O)N(C2CN(C(=O)OC(C)(C)C)C2)C1. The molecular weight excluding hydrogens is 304 g/mol. The molecule has 2 fully saturated rings. The largest absolute Gasteiger partial charge is 0.444 e. The van der Waals surface area contributed by atoms with E-state index in [1.54, 1.807) is 11.8 Å². The highest BCUT2D eigenvalue weighted by atomic mass is 32.2. The van der Waals surface area contributed by atoms with Crippen molar-refractivity contribution >= 4 is 28.9 Å². The maximum Gasteiger partial charge on any atom is 0.410 e. The van der Waals surface area contributed by atoms with E-state index in [-0.39, 0.29) is 29.1 Å². The molecule has 0 aromatic heterocycles. The van der Waals surface area contributed by atoms with Crippen molar-refractivity contribution in [2.75, 3.05) is 25.4 Å². The van der Waals surface area contributed by atoms with Gasteiger partial charge in [0.15, 0.2) is 5.12 Å². The molecule has 2 aliphatic rings. The van der Waals surface area contributed by atoms with Gasteiger partial charge in [0.05, 0.1) is 6.04 Å². The zero-order valence-electron chi connectivity index (χ0n) is 13.6. The monoisotopic (exact) mass is 328 g/mol. The van der Waals surface area contributed by atoms with Crippen LogP contribution in [0.15, 0.2) is 0 Å². The number of carbonyl (C=O) groups excluding carboxylic acids is 3. The number of likely N-dealkylation sites (tertiary alicyclic amines) is 2. The number of nitrogens with zero attached hydrogens (tertiary/aromatic N) is 2. The van der Waals surface area contributed by atoms with E-state index < -0.39 is 5.60 Å². The molecule has 0 N–H and O–H groups in total. The van der Waals surface area contributed by atoms with Crippen molar-refractivity contribution in [3.8, 4) is 0 Å². The third-order valence-corrected chi connectivity index (χ3v) is 4.76. The van der Waals surface area contributed by atoms with Gasteiger partial charge in [0.25, 0.3) is 0 Å². The Morgan fingerprint density at radius 1 is 1.27 bits per heavy atom. The molecule has 124 valence electrons. The molecule has 2 heterocycles. The Kier molecular flexibility index (Phi) is 5.04. The average Bonchev–Trinajstić information content (AvgIpc) is 2.64. The van der Waals surface area contributed by atoms with E-state index in [4.69, 9.17) is 4.74 Å². The van der Waals surface area contributed by atoms with Crippen LogP contribution in [0, 0.1) is 5.92 Å². The Morgan fingerprint density at radius 2 is 1.91 bits per heavy atom. The summed E-state index contributed by atoms with van der Waals surface area (Å²) in [6.45, 7) is 8.81. The summed E-state index contributed by atoms with van der Waals surface area (Å²) in [5.74, 6) is 1.06. The van der Waals surface area contributed by atoms with Crippen LogP contribution in [0.1, 0.15) is 34.1 Å². The molecule has 6 nitrogen and oxygen atoms in total. The first-order valence-corrected chi connectivity index (χ1v) is 8.55. The van der Waals surface area contributed by atoms with Crippen LogP contribution in [-0.4, -0.2) is 63.9 Å². The molecule has 2 saturated heterocycles. The summed E-state index contributed by atoms with van der Waals surface area (Å²) >= 11 is 1.28. The fourth-order valence-electron chi connectivity index (χ4n) is 2.64. The van der Waals surface area contributed by atoms with E-state index in [1.165, 1.54) is 11.8 Å². The van der Waals surface area contributed by atoms with Crippen LogP contribution < -0.4 is 0 Å². The van der Waals surface area contributed by atoms with Gasteiger partial charge in [-0.2, -0.15) is 0 Å². The molecular formula is C15H24N2O4S. The summed E-state index contributed by atoms with van der Waals surface area (Å²) in [5, 5.41) is 0.0886. The molecule has 2 rings (SSSR count). The lowest BCUT2D eigenvalue weighted by Crippen LogP contribution is -2.62. The van der Waals surface area contributed by atoms with E-state index >= 15 is 0 Å². The molecule has 0 saturated carbocycles. The van der Waals surface area contributed by atoms with Gasteiger partial charge in [-0.05, 0) is 26.7 Å². The standard InChI is InChI=1S/C15H24N2O4S/c1-10(18)22-9-11-5-13(19)17(6-11)12-7-16(8-12)14(20)21-15(2,3)4/h11-12H,5-9H2,1-4H3. The van der Waals surface area contributed by atoms with Gasteiger partial charge >= 0.3 is 6.09 Å². The summed E-state index contributed by atoms with van der Waals surface area (Å²) < 4.78 is 5.31. The third kappa shape index (κ3) is 4.38. The Labute approximate surface area is 135 Å². The molecule has 2 amide bonds. The summed E-state index contributed by atoms with van der Waals surface area (Å²) in [5.41, 5.74) is -0.499. The number of amides is 2. The minimum absolute atomic E-state index is 0.0886. The molecule has 0 radical (unpaired) electrons. The van der Waals surface area contributed by atoms with Gasteiger partial charge in [-0.1, -0.05) is 11.8 Å². The van der Waals surface area contributed by atoms with Crippen molar-refractivity contribution in [3.63, 3.8) is 0 Å². The Hall–Kier alpha value is -1.24. The summed E-state index contributed by atoms with van der Waals surface area (Å²) in [6, 6.07) is 0.0901. The van der Waals surface area contributed by atoms with Crippen molar-refractivity contribution in [2.45, 2.75) is 45.8 Å². The van der Waals surface area contributed by atoms with Gasteiger partial charge in [0.2, 0.25) is 5.91 Å². The van der Waals surface area contributed by atoms with Crippen LogP contribution in [0.2, 0.25) is 0 Å². The average molecular weight is 328 g/mol. The van der Waals surface area contributed by atoms with Crippen LogP contribution >= 0.6 is 11.8 Å². The van der Waals surface area contributed by atoms with Crippen LogP contribution in [0.4, 0.5) is 4.79 Å². The fraction of sp³-hybridized carbons (Fsp3) is 0.800. The second-order valence-corrected chi connectivity index (χ2v) is 8.15. The molecule has 2 aliphatic heterocycles. The van der Waals surface area contributed by atoms with Crippen LogP contribution in [0.25, 0.3) is 0 Å². The highest BCUT2D eigenvalue weighted by Crippen LogP contribution is 2.28. The smallest absolute Gasteiger partial charge is 0.410 e. The molecule has 7 heteroatoms. The van der Waals surface area contributed by atoms with Crippen molar-refractivity contribution in [1.82, 2.24) is 9.80 Å². The summed E-state index contributed by atoms with van der Waals surface area (Å²) in [4.78, 5) is 38.4. The number of rotatable bonds is 3. The predicted octanol–water partition coefficient (Wildman–Crippen LogP) is 1.73. The molecule has 0 bridgehead atoms. The van der Waals surface area contributed by atoms with E-state index in [0.717, 1.165) is 0 Å². The number of ether oxygens (including phenoxy) is 1. The third-order valence-electron chi connectivity index (χ3n) is 3.72. The normalized spacial score (nSPS) is 22.7. The lowest BCUT2D eigenvalue weighted by molar-refractivity contribution is -0.132. The number of hydrogen-bond donors (Lipinski definition) is 0. The first-order chi connectivity index (χ1) is 10.2. The lowest BCUT2D eigenvalue weighted by Gasteiger charge is -2.44. The summed E-state index contributed by atoms with van der Waals surface area (Å²) in [6.07, 6.45) is 0.183. The molecule has 0 spiro atoms. The maximum absolute atomic E-state index is 12.1. The number of hydrogen-bond acceptors (Lipinski definition) is 5. The van der Waals surface area contributed by atoms with Crippen LogP contribution in [-0.2, 0) is 14.3 Å². The van der Waals surface area contributed by atoms with E-state index in [1.807, 2.05) is 25.7 Å². The Bertz CT molecular complexity index is 469. The lowest BCUT2D eigenvalue weighted by atomic mass is 10.1. The molecule has 1 atom stereocenters. The van der Waals surface area contributed by atoms with Crippen molar-refractivity contribution in [1.29, 1.82) is 0 Å². The second-order valence-electron chi connectivity index (χ2n) is 6.96. The van der Waals surface area contributed by atoms with Gasteiger partial charge < -0.3 is 14.5 Å². The van der Waals surface area contributed by atoms with Crippen molar-refractivity contribution in [2.24, 2.45) is 5.92 Å². The molecule has 1 unspecified atom stereocenters.